The predicted molar refractivity (Wildman–Crippen MR) is 135 cm³/mol. The monoisotopic (exact) mass is 505 g/mol. The largest absolute Gasteiger partial charge is 0.403 e. The van der Waals surface area contributed by atoms with Crippen molar-refractivity contribution in [3.8, 4) is 0 Å². The number of imidazole rings is 1. The maximum absolute atomic E-state index is 13.8. The second kappa shape index (κ2) is 8.90. The van der Waals surface area contributed by atoms with E-state index >= 15 is 0 Å². The molecule has 0 aliphatic rings. The van der Waals surface area contributed by atoms with Crippen LogP contribution in [0.15, 0.2) is 42.5 Å². The number of carbonyl (C=O) groups is 1. The molecule has 7 nitrogen and oxygen atoms in total. The van der Waals surface area contributed by atoms with Gasteiger partial charge in [0.1, 0.15) is 11.9 Å². The third-order valence-corrected chi connectivity index (χ3v) is 12.9. The van der Waals surface area contributed by atoms with Gasteiger partial charge in [0.15, 0.2) is 14.1 Å². The van der Waals surface area contributed by atoms with Crippen molar-refractivity contribution in [2.45, 2.75) is 64.1 Å². The number of halogens is 1. The van der Waals surface area contributed by atoms with Gasteiger partial charge in [-0.25, -0.2) is 21.8 Å². The number of aromatic nitrogens is 2. The van der Waals surface area contributed by atoms with Crippen LogP contribution in [0.1, 0.15) is 56.6 Å². The van der Waals surface area contributed by atoms with Crippen molar-refractivity contribution >= 4 is 41.1 Å². The number of nitrogens with two attached hydrogens (primary N) is 1. The van der Waals surface area contributed by atoms with Gasteiger partial charge in [-0.05, 0) is 67.9 Å². The van der Waals surface area contributed by atoms with Crippen LogP contribution in [-0.4, -0.2) is 36.7 Å². The fourth-order valence-electron chi connectivity index (χ4n) is 3.24. The number of Topliss-reactive ketones (excluding diaryl/α,β-unsaturated/α-hetero) is 1. The zero-order valence-electron chi connectivity index (χ0n) is 20.6. The maximum Gasteiger partial charge on any atom is 0.244 e. The fraction of sp³-hybridized carbons (Fsp3) is 0.417. The van der Waals surface area contributed by atoms with Crippen LogP contribution >= 0.6 is 0 Å². The molecule has 1 atom stereocenters. The molecule has 0 spiro atoms. The van der Waals surface area contributed by atoms with Crippen molar-refractivity contribution < 1.29 is 22.0 Å². The summed E-state index contributed by atoms with van der Waals surface area (Å²) in [6.07, 6.45) is -0.977. The molecule has 2 N–H and O–H groups in total. The highest BCUT2D eigenvalue weighted by atomic mass is 32.2. The number of ketones is 1. The highest BCUT2D eigenvalue weighted by Crippen LogP contribution is 2.40. The molecule has 0 fully saturated rings. The number of benzene rings is 2. The van der Waals surface area contributed by atoms with Gasteiger partial charge in [0.25, 0.3) is 0 Å². The molecular formula is C24H32FN3O4SSi. The summed E-state index contributed by atoms with van der Waals surface area (Å²) < 4.78 is 46.9. The van der Waals surface area contributed by atoms with Crippen LogP contribution < -0.4 is 5.73 Å². The van der Waals surface area contributed by atoms with E-state index in [9.17, 15) is 17.6 Å². The van der Waals surface area contributed by atoms with E-state index < -0.39 is 35.5 Å². The number of nitrogens with zero attached hydrogens (tertiary/aromatic N) is 2. The molecule has 0 amide bonds. The Morgan fingerprint density at radius 3 is 2.24 bits per heavy atom. The Kier molecular flexibility index (Phi) is 6.82. The van der Waals surface area contributed by atoms with Gasteiger partial charge in [-0.2, -0.15) is 0 Å². The lowest BCUT2D eigenvalue weighted by atomic mass is 9.99. The molecule has 0 aliphatic carbocycles. The molecule has 1 unspecified atom stereocenters. The Balaban J connectivity index is 2.16. The van der Waals surface area contributed by atoms with E-state index in [1.807, 2.05) is 13.1 Å². The number of fused-ring (bicyclic) bond motifs is 1. The van der Waals surface area contributed by atoms with E-state index in [1.165, 1.54) is 30.3 Å². The fourth-order valence-corrected chi connectivity index (χ4v) is 5.57. The van der Waals surface area contributed by atoms with Crippen molar-refractivity contribution in [3.05, 3.63) is 59.4 Å². The minimum Gasteiger partial charge on any atom is -0.403 e. The minimum atomic E-state index is -3.81. The van der Waals surface area contributed by atoms with Crippen LogP contribution in [0, 0.1) is 5.82 Å². The quantitative estimate of drug-likeness (QED) is 0.346. The van der Waals surface area contributed by atoms with Gasteiger partial charge >= 0.3 is 0 Å². The molecule has 10 heteroatoms. The molecule has 3 aromatic rings. The van der Waals surface area contributed by atoms with E-state index in [0.29, 0.717) is 11.1 Å². The Morgan fingerprint density at radius 1 is 1.12 bits per heavy atom. The third-order valence-electron chi connectivity index (χ3n) is 6.40. The minimum absolute atomic E-state index is 0.166. The number of rotatable bonds is 7. The maximum atomic E-state index is 13.8. The second-order valence-electron chi connectivity index (χ2n) is 10.2. The second-order valence-corrected chi connectivity index (χ2v) is 17.3. The number of anilines is 1. The summed E-state index contributed by atoms with van der Waals surface area (Å²) in [5.74, 6) is -0.936. The van der Waals surface area contributed by atoms with E-state index in [4.69, 9.17) is 10.2 Å². The molecule has 1 heterocycles. The van der Waals surface area contributed by atoms with Crippen LogP contribution in [0.5, 0.6) is 0 Å². The van der Waals surface area contributed by atoms with E-state index in [2.05, 4.69) is 25.8 Å². The molecule has 0 bridgehead atoms. The first kappa shape index (κ1) is 26.0. The Labute approximate surface area is 201 Å². The van der Waals surface area contributed by atoms with Crippen LogP contribution in [0.4, 0.5) is 10.3 Å². The molecule has 0 saturated heterocycles. The van der Waals surface area contributed by atoms with Crippen molar-refractivity contribution in [1.29, 1.82) is 0 Å². The SMILES string of the molecule is CC(C)S(=O)(=O)n1c(N)nc2ccc(C(=O)C(O[Si](C)(C)C(C)(C)C)c3ccc(F)cc3)cc21. The molecular weight excluding hydrogens is 473 g/mol. The highest BCUT2D eigenvalue weighted by Gasteiger charge is 2.41. The summed E-state index contributed by atoms with van der Waals surface area (Å²) >= 11 is 0. The van der Waals surface area contributed by atoms with Crippen LogP contribution in [-0.2, 0) is 14.4 Å². The van der Waals surface area contributed by atoms with Crippen molar-refractivity contribution in [2.24, 2.45) is 0 Å². The van der Waals surface area contributed by atoms with Crippen LogP contribution in [0.2, 0.25) is 18.1 Å². The number of hydrogen-bond donors (Lipinski definition) is 1. The lowest BCUT2D eigenvalue weighted by molar-refractivity contribution is 0.0767. The lowest BCUT2D eigenvalue weighted by Gasteiger charge is -2.39. The first-order valence-corrected chi connectivity index (χ1v) is 15.5. The summed E-state index contributed by atoms with van der Waals surface area (Å²) in [4.78, 5) is 17.9. The predicted octanol–water partition coefficient (Wildman–Crippen LogP) is 5.29. The average molecular weight is 506 g/mol. The molecule has 3 rings (SSSR count). The molecule has 1 aromatic heterocycles. The average Bonchev–Trinajstić information content (AvgIpc) is 3.06. The summed E-state index contributed by atoms with van der Waals surface area (Å²) in [7, 11) is -6.22. The third kappa shape index (κ3) is 4.80. The van der Waals surface area contributed by atoms with E-state index in [0.717, 1.165) is 3.97 Å². The Bertz CT molecular complexity index is 1330. The summed E-state index contributed by atoms with van der Waals surface area (Å²) in [5, 5.41) is -0.908. The van der Waals surface area contributed by atoms with Gasteiger partial charge in [0.05, 0.1) is 16.3 Å². The van der Waals surface area contributed by atoms with Gasteiger partial charge < -0.3 is 10.2 Å². The van der Waals surface area contributed by atoms with Gasteiger partial charge in [-0.3, -0.25) is 4.79 Å². The smallest absolute Gasteiger partial charge is 0.244 e. The zero-order chi connectivity index (χ0) is 25.6. The highest BCUT2D eigenvalue weighted by molar-refractivity contribution is 7.90. The van der Waals surface area contributed by atoms with Gasteiger partial charge in [0.2, 0.25) is 16.0 Å². The number of hydrogen-bond acceptors (Lipinski definition) is 6. The Hall–Kier alpha value is -2.56. The summed E-state index contributed by atoms with van der Waals surface area (Å²) in [6.45, 7) is 13.4. The van der Waals surface area contributed by atoms with Crippen molar-refractivity contribution in [3.63, 3.8) is 0 Å². The summed E-state index contributed by atoms with van der Waals surface area (Å²) in [6, 6.07) is 10.3. The topological polar surface area (TPSA) is 104 Å². The van der Waals surface area contributed by atoms with Crippen molar-refractivity contribution in [2.75, 3.05) is 5.73 Å². The first-order chi connectivity index (χ1) is 15.6. The van der Waals surface area contributed by atoms with Gasteiger partial charge in [-0.15, -0.1) is 0 Å². The molecule has 0 radical (unpaired) electrons. The molecule has 0 aliphatic heterocycles. The number of nitrogen functional groups attached to an aromatic ring is 1. The standard InChI is InChI=1S/C24H32FN3O4SSi/c1-15(2)33(30,31)28-20-14-17(10-13-19(20)27-23(28)26)21(29)22(16-8-11-18(25)12-9-16)32-34(6,7)24(3,4)5/h8-15,22H,1-7H3,(H2,26,27). The normalized spacial score (nSPS) is 14.0. The van der Waals surface area contributed by atoms with E-state index in [1.54, 1.807) is 26.0 Å². The molecule has 34 heavy (non-hydrogen) atoms. The van der Waals surface area contributed by atoms with E-state index in [-0.39, 0.29) is 27.9 Å². The lowest BCUT2D eigenvalue weighted by Crippen LogP contribution is -2.43. The van der Waals surface area contributed by atoms with Crippen LogP contribution in [0.25, 0.3) is 11.0 Å². The number of carbonyl (C=O) groups excluding carboxylic acids is 1. The van der Waals surface area contributed by atoms with Gasteiger partial charge in [-0.1, -0.05) is 32.9 Å². The molecule has 2 aromatic carbocycles. The molecule has 184 valence electrons. The van der Waals surface area contributed by atoms with Gasteiger partial charge in [0, 0.05) is 5.56 Å². The van der Waals surface area contributed by atoms with Crippen LogP contribution in [0.3, 0.4) is 0 Å². The first-order valence-electron chi connectivity index (χ1n) is 11.1. The molecule has 0 saturated carbocycles. The van der Waals surface area contributed by atoms with Crippen molar-refractivity contribution in [1.82, 2.24) is 8.96 Å². The summed E-state index contributed by atoms with van der Waals surface area (Å²) in [5.41, 5.74) is 7.30. The zero-order valence-corrected chi connectivity index (χ0v) is 22.4. The Morgan fingerprint density at radius 2 is 1.71 bits per heavy atom.